The summed E-state index contributed by atoms with van der Waals surface area (Å²) in [4.78, 5) is 1.36. The van der Waals surface area contributed by atoms with E-state index in [1.54, 1.807) is 11.3 Å². The molecule has 1 atom stereocenters. The molecule has 0 aliphatic heterocycles. The molecule has 0 amide bonds. The highest BCUT2D eigenvalue weighted by Crippen LogP contribution is 2.25. The maximum Gasteiger partial charge on any atom is 0.0449 e. The van der Waals surface area contributed by atoms with Crippen LogP contribution in [0.3, 0.4) is 0 Å². The summed E-state index contributed by atoms with van der Waals surface area (Å²) in [7, 11) is 0. The Morgan fingerprint density at radius 1 is 1.62 bits per heavy atom. The predicted octanol–water partition coefficient (Wildman–Crippen LogP) is 2.09. The van der Waals surface area contributed by atoms with Crippen molar-refractivity contribution in [1.29, 1.82) is 0 Å². The van der Waals surface area contributed by atoms with Crippen LogP contribution in [0.4, 0.5) is 0 Å². The summed E-state index contributed by atoms with van der Waals surface area (Å²) >= 11 is 1.76. The quantitative estimate of drug-likeness (QED) is 0.761. The van der Waals surface area contributed by atoms with Crippen LogP contribution in [0.2, 0.25) is 0 Å². The zero-order valence-corrected chi connectivity index (χ0v) is 9.03. The number of thiophene rings is 1. The highest BCUT2D eigenvalue weighted by molar-refractivity contribution is 7.10. The SMILES string of the molecule is CCN[C@H](CCO)c1sccc1C. The smallest absolute Gasteiger partial charge is 0.0449 e. The van der Waals surface area contributed by atoms with Crippen molar-refractivity contribution in [3.05, 3.63) is 21.9 Å². The summed E-state index contributed by atoms with van der Waals surface area (Å²) in [5.41, 5.74) is 1.32. The van der Waals surface area contributed by atoms with E-state index in [4.69, 9.17) is 5.11 Å². The van der Waals surface area contributed by atoms with E-state index in [-0.39, 0.29) is 6.61 Å². The molecule has 0 radical (unpaired) electrons. The lowest BCUT2D eigenvalue weighted by atomic mass is 10.1. The lowest BCUT2D eigenvalue weighted by Crippen LogP contribution is -2.21. The lowest BCUT2D eigenvalue weighted by Gasteiger charge is -2.16. The lowest BCUT2D eigenvalue weighted by molar-refractivity contribution is 0.267. The van der Waals surface area contributed by atoms with E-state index >= 15 is 0 Å². The first kappa shape index (κ1) is 10.7. The highest BCUT2D eigenvalue weighted by atomic mass is 32.1. The van der Waals surface area contributed by atoms with Crippen molar-refractivity contribution in [2.45, 2.75) is 26.3 Å². The zero-order valence-electron chi connectivity index (χ0n) is 8.21. The van der Waals surface area contributed by atoms with E-state index in [9.17, 15) is 0 Å². The Morgan fingerprint density at radius 2 is 2.38 bits per heavy atom. The maximum atomic E-state index is 8.92. The molecule has 0 bridgehead atoms. The van der Waals surface area contributed by atoms with Crippen LogP contribution in [0.5, 0.6) is 0 Å². The molecule has 1 aromatic rings. The van der Waals surface area contributed by atoms with E-state index in [0.717, 1.165) is 13.0 Å². The van der Waals surface area contributed by atoms with Crippen molar-refractivity contribution < 1.29 is 5.11 Å². The fourth-order valence-electron chi connectivity index (χ4n) is 1.44. The van der Waals surface area contributed by atoms with Gasteiger partial charge in [0.25, 0.3) is 0 Å². The molecule has 1 rings (SSSR count). The van der Waals surface area contributed by atoms with Gasteiger partial charge >= 0.3 is 0 Å². The molecule has 13 heavy (non-hydrogen) atoms. The van der Waals surface area contributed by atoms with Crippen LogP contribution in [0, 0.1) is 6.92 Å². The van der Waals surface area contributed by atoms with Gasteiger partial charge in [-0.2, -0.15) is 0 Å². The third kappa shape index (κ3) is 2.79. The zero-order chi connectivity index (χ0) is 9.68. The maximum absolute atomic E-state index is 8.92. The van der Waals surface area contributed by atoms with Crippen molar-refractivity contribution in [3.63, 3.8) is 0 Å². The Hall–Kier alpha value is -0.380. The largest absolute Gasteiger partial charge is 0.396 e. The number of aliphatic hydroxyl groups is 1. The van der Waals surface area contributed by atoms with Crippen LogP contribution in [0.25, 0.3) is 0 Å². The van der Waals surface area contributed by atoms with Crippen LogP contribution in [0.15, 0.2) is 11.4 Å². The molecule has 0 fully saturated rings. The summed E-state index contributed by atoms with van der Waals surface area (Å²) in [6.07, 6.45) is 0.801. The van der Waals surface area contributed by atoms with Crippen LogP contribution < -0.4 is 5.32 Å². The average molecular weight is 199 g/mol. The summed E-state index contributed by atoms with van der Waals surface area (Å²) in [6.45, 7) is 5.40. The molecule has 0 unspecified atom stereocenters. The molecule has 0 aliphatic carbocycles. The third-order valence-corrected chi connectivity index (χ3v) is 3.22. The summed E-state index contributed by atoms with van der Waals surface area (Å²) in [6, 6.07) is 2.46. The van der Waals surface area contributed by atoms with Crippen molar-refractivity contribution in [3.8, 4) is 0 Å². The summed E-state index contributed by atoms with van der Waals surface area (Å²) < 4.78 is 0. The van der Waals surface area contributed by atoms with Gasteiger partial charge in [-0.1, -0.05) is 6.92 Å². The van der Waals surface area contributed by atoms with Gasteiger partial charge in [0.15, 0.2) is 0 Å². The number of hydrogen-bond donors (Lipinski definition) is 2. The molecule has 0 aliphatic rings. The van der Waals surface area contributed by atoms with Gasteiger partial charge < -0.3 is 10.4 Å². The Labute approximate surface area is 83.6 Å². The van der Waals surface area contributed by atoms with Crippen LogP contribution in [-0.2, 0) is 0 Å². The highest BCUT2D eigenvalue weighted by Gasteiger charge is 2.12. The van der Waals surface area contributed by atoms with Gasteiger partial charge in [0.2, 0.25) is 0 Å². The number of hydrogen-bond acceptors (Lipinski definition) is 3. The molecule has 2 nitrogen and oxygen atoms in total. The average Bonchev–Trinajstić information content (AvgIpc) is 2.51. The fourth-order valence-corrected chi connectivity index (χ4v) is 2.48. The Bertz CT molecular complexity index is 241. The van der Waals surface area contributed by atoms with E-state index in [2.05, 4.69) is 30.6 Å². The topological polar surface area (TPSA) is 32.3 Å². The van der Waals surface area contributed by atoms with E-state index in [1.807, 2.05) is 0 Å². The number of aryl methyl sites for hydroxylation is 1. The number of aliphatic hydroxyl groups excluding tert-OH is 1. The van der Waals surface area contributed by atoms with Crippen LogP contribution in [-0.4, -0.2) is 18.3 Å². The Morgan fingerprint density at radius 3 is 2.85 bits per heavy atom. The van der Waals surface area contributed by atoms with Crippen molar-refractivity contribution in [1.82, 2.24) is 5.32 Å². The Kier molecular flexibility index (Phi) is 4.42. The molecule has 0 spiro atoms. The first-order chi connectivity index (χ1) is 6.29. The van der Waals surface area contributed by atoms with E-state index < -0.39 is 0 Å². The Balaban J connectivity index is 2.69. The number of nitrogens with one attached hydrogen (secondary N) is 1. The van der Waals surface area contributed by atoms with Crippen molar-refractivity contribution in [2.24, 2.45) is 0 Å². The number of rotatable bonds is 5. The second kappa shape index (κ2) is 5.37. The van der Waals surface area contributed by atoms with Crippen molar-refractivity contribution in [2.75, 3.05) is 13.2 Å². The van der Waals surface area contributed by atoms with Gasteiger partial charge in [0.05, 0.1) is 0 Å². The van der Waals surface area contributed by atoms with Gasteiger partial charge in [0, 0.05) is 17.5 Å². The standard InChI is InChI=1S/C10H17NOS/c1-3-11-9(4-6-12)10-8(2)5-7-13-10/h5,7,9,11-12H,3-4,6H2,1-2H3/t9-/m1/s1. The van der Waals surface area contributed by atoms with Gasteiger partial charge in [-0.15, -0.1) is 11.3 Å². The monoisotopic (exact) mass is 199 g/mol. The first-order valence-electron chi connectivity index (χ1n) is 4.67. The normalized spacial score (nSPS) is 13.2. The molecule has 74 valence electrons. The van der Waals surface area contributed by atoms with Gasteiger partial charge in [-0.05, 0) is 36.9 Å². The summed E-state index contributed by atoms with van der Waals surface area (Å²) in [5, 5.41) is 14.4. The van der Waals surface area contributed by atoms with E-state index in [1.165, 1.54) is 10.4 Å². The van der Waals surface area contributed by atoms with Gasteiger partial charge in [-0.3, -0.25) is 0 Å². The minimum atomic E-state index is 0.245. The second-order valence-corrected chi connectivity index (χ2v) is 4.04. The molecule has 2 N–H and O–H groups in total. The first-order valence-corrected chi connectivity index (χ1v) is 5.55. The third-order valence-electron chi connectivity index (χ3n) is 2.09. The van der Waals surface area contributed by atoms with Crippen molar-refractivity contribution >= 4 is 11.3 Å². The minimum absolute atomic E-state index is 0.245. The molecule has 0 aromatic carbocycles. The molecule has 1 heterocycles. The van der Waals surface area contributed by atoms with Crippen LogP contribution in [0.1, 0.15) is 29.8 Å². The fraction of sp³-hybridized carbons (Fsp3) is 0.600. The predicted molar refractivity (Wildman–Crippen MR) is 57.2 cm³/mol. The minimum Gasteiger partial charge on any atom is -0.396 e. The van der Waals surface area contributed by atoms with Gasteiger partial charge in [0.1, 0.15) is 0 Å². The molecule has 1 aromatic heterocycles. The second-order valence-electron chi connectivity index (χ2n) is 3.09. The summed E-state index contributed by atoms with van der Waals surface area (Å²) in [5.74, 6) is 0. The van der Waals surface area contributed by atoms with Gasteiger partial charge in [-0.25, -0.2) is 0 Å². The molecular formula is C10H17NOS. The molecule has 0 saturated heterocycles. The molecule has 0 saturated carbocycles. The molecular weight excluding hydrogens is 182 g/mol. The van der Waals surface area contributed by atoms with E-state index in [0.29, 0.717) is 6.04 Å². The molecule has 3 heteroatoms. The van der Waals surface area contributed by atoms with Crippen LogP contribution >= 0.6 is 11.3 Å².